The molecule has 6 nitrogen and oxygen atoms in total. The molecule has 2 fully saturated rings. The number of hydrogen-bond acceptors (Lipinski definition) is 4. The maximum absolute atomic E-state index is 12.7. The summed E-state index contributed by atoms with van der Waals surface area (Å²) in [4.78, 5) is 16.8. The second-order valence-corrected chi connectivity index (χ2v) is 6.68. The van der Waals surface area contributed by atoms with E-state index >= 15 is 0 Å². The molecule has 4 heterocycles. The minimum atomic E-state index is -0.00632. The van der Waals surface area contributed by atoms with Gasteiger partial charge in [-0.1, -0.05) is 11.6 Å². The predicted molar refractivity (Wildman–Crippen MR) is 79.4 cm³/mol. The van der Waals surface area contributed by atoms with Crippen LogP contribution in [0.2, 0.25) is 5.02 Å². The second-order valence-electron chi connectivity index (χ2n) is 6.30. The van der Waals surface area contributed by atoms with E-state index in [-0.39, 0.29) is 5.91 Å². The van der Waals surface area contributed by atoms with Gasteiger partial charge in [0.2, 0.25) is 0 Å². The molecule has 0 saturated carbocycles. The summed E-state index contributed by atoms with van der Waals surface area (Å²) in [5.41, 5.74) is 1.41. The zero-order valence-corrected chi connectivity index (χ0v) is 12.9. The smallest absolute Gasteiger partial charge is 0.276 e. The molecule has 1 amide bonds. The Bertz CT molecular complexity index is 586. The summed E-state index contributed by atoms with van der Waals surface area (Å²) in [7, 11) is 2.07. The topological polar surface area (TPSA) is 53.4 Å². The number of nitrogens with one attached hydrogen (secondary N) is 1. The largest absolute Gasteiger partial charge is 0.331 e. The normalized spacial score (nSPS) is 28.8. The van der Waals surface area contributed by atoms with Crippen molar-refractivity contribution in [2.45, 2.75) is 38.0 Å². The number of aryl methyl sites for hydroxylation is 1. The maximum atomic E-state index is 12.7. The molecule has 21 heavy (non-hydrogen) atoms. The quantitative estimate of drug-likeness (QED) is 0.823. The van der Waals surface area contributed by atoms with Crippen molar-refractivity contribution >= 4 is 17.5 Å². The Balaban J connectivity index is 1.61. The molecular weight excluding hydrogens is 290 g/mol. The number of fused-ring (bicyclic) bond motifs is 2. The lowest BCUT2D eigenvalue weighted by atomic mass is 9.97. The van der Waals surface area contributed by atoms with E-state index < -0.39 is 0 Å². The van der Waals surface area contributed by atoms with E-state index in [1.807, 2.05) is 9.58 Å². The number of likely N-dealkylation sites (tertiary alicyclic amines) is 1. The van der Waals surface area contributed by atoms with Crippen LogP contribution in [0.4, 0.5) is 0 Å². The molecule has 3 aliphatic heterocycles. The van der Waals surface area contributed by atoms with Crippen molar-refractivity contribution in [1.82, 2.24) is 24.9 Å². The molecule has 0 spiro atoms. The average Bonchev–Trinajstić information content (AvgIpc) is 2.87. The third-order valence-corrected chi connectivity index (χ3v) is 5.29. The molecule has 0 aliphatic carbocycles. The van der Waals surface area contributed by atoms with E-state index in [2.05, 4.69) is 22.4 Å². The predicted octanol–water partition coefficient (Wildman–Crippen LogP) is 0.558. The molecule has 0 bridgehead atoms. The molecule has 0 aromatic carbocycles. The van der Waals surface area contributed by atoms with Gasteiger partial charge in [0.1, 0.15) is 0 Å². The Morgan fingerprint density at radius 3 is 3.10 bits per heavy atom. The fourth-order valence-electron chi connectivity index (χ4n) is 3.66. The van der Waals surface area contributed by atoms with Crippen molar-refractivity contribution < 1.29 is 4.79 Å². The molecule has 2 atom stereocenters. The van der Waals surface area contributed by atoms with Crippen LogP contribution in [0.3, 0.4) is 0 Å². The van der Waals surface area contributed by atoms with Gasteiger partial charge in [-0.3, -0.25) is 9.48 Å². The van der Waals surface area contributed by atoms with Gasteiger partial charge in [0.15, 0.2) is 5.69 Å². The van der Waals surface area contributed by atoms with Crippen LogP contribution in [0, 0.1) is 0 Å². The van der Waals surface area contributed by atoms with E-state index in [1.165, 1.54) is 0 Å². The number of amides is 1. The van der Waals surface area contributed by atoms with Crippen LogP contribution in [-0.2, 0) is 13.1 Å². The minimum absolute atomic E-state index is 0.00632. The summed E-state index contributed by atoms with van der Waals surface area (Å²) >= 11 is 6.47. The van der Waals surface area contributed by atoms with Crippen LogP contribution in [0.1, 0.15) is 29.0 Å². The molecule has 2 saturated heterocycles. The number of hydrogen-bond donors (Lipinski definition) is 1. The lowest BCUT2D eigenvalue weighted by molar-refractivity contribution is 0.0404. The molecule has 2 unspecified atom stereocenters. The summed E-state index contributed by atoms with van der Waals surface area (Å²) in [6, 6.07) is 0.803. The van der Waals surface area contributed by atoms with Crippen molar-refractivity contribution in [2.75, 3.05) is 26.7 Å². The molecular formula is C14H20ClN5O. The first kappa shape index (κ1) is 13.5. The Morgan fingerprint density at radius 1 is 1.43 bits per heavy atom. The molecule has 114 valence electrons. The fourth-order valence-corrected chi connectivity index (χ4v) is 3.94. The standard InChI is InChI=1S/C14H20ClN5O/c1-18-5-2-6-20-11(8-18)12(15)13(17-20)14(21)19-7-9-10(19)3-4-16-9/h9-10,16H,2-8H2,1H3. The van der Waals surface area contributed by atoms with E-state index in [0.29, 0.717) is 22.8 Å². The summed E-state index contributed by atoms with van der Waals surface area (Å²) in [6.45, 7) is 4.40. The van der Waals surface area contributed by atoms with Gasteiger partial charge in [-0.2, -0.15) is 5.10 Å². The first-order valence-electron chi connectivity index (χ1n) is 7.63. The zero-order chi connectivity index (χ0) is 14.6. The van der Waals surface area contributed by atoms with Crippen LogP contribution < -0.4 is 5.32 Å². The first-order valence-corrected chi connectivity index (χ1v) is 8.01. The minimum Gasteiger partial charge on any atom is -0.331 e. The van der Waals surface area contributed by atoms with Crippen LogP contribution >= 0.6 is 11.6 Å². The van der Waals surface area contributed by atoms with Gasteiger partial charge in [0.05, 0.1) is 16.8 Å². The Labute approximate surface area is 129 Å². The number of rotatable bonds is 1. The van der Waals surface area contributed by atoms with Gasteiger partial charge < -0.3 is 15.1 Å². The summed E-state index contributed by atoms with van der Waals surface area (Å²) in [5, 5.41) is 8.46. The van der Waals surface area contributed by atoms with Gasteiger partial charge in [-0.15, -0.1) is 0 Å². The monoisotopic (exact) mass is 309 g/mol. The van der Waals surface area contributed by atoms with E-state index in [9.17, 15) is 4.79 Å². The van der Waals surface area contributed by atoms with Crippen molar-refractivity contribution in [3.05, 3.63) is 16.4 Å². The average molecular weight is 310 g/mol. The van der Waals surface area contributed by atoms with Crippen molar-refractivity contribution in [3.63, 3.8) is 0 Å². The van der Waals surface area contributed by atoms with Crippen LogP contribution in [0.25, 0.3) is 0 Å². The van der Waals surface area contributed by atoms with E-state index in [1.54, 1.807) is 0 Å². The highest BCUT2D eigenvalue weighted by Crippen LogP contribution is 2.31. The maximum Gasteiger partial charge on any atom is 0.276 e. The third-order valence-electron chi connectivity index (χ3n) is 4.89. The highest BCUT2D eigenvalue weighted by atomic mass is 35.5. The number of nitrogens with zero attached hydrogens (tertiary/aromatic N) is 4. The van der Waals surface area contributed by atoms with Gasteiger partial charge in [-0.25, -0.2) is 0 Å². The Kier molecular flexibility index (Phi) is 3.20. The lowest BCUT2D eigenvalue weighted by Gasteiger charge is -2.43. The Morgan fingerprint density at radius 2 is 2.29 bits per heavy atom. The fraction of sp³-hybridized carbons (Fsp3) is 0.714. The zero-order valence-electron chi connectivity index (χ0n) is 12.2. The summed E-state index contributed by atoms with van der Waals surface area (Å²) in [6.07, 6.45) is 2.07. The lowest BCUT2D eigenvalue weighted by Crippen LogP contribution is -2.62. The third kappa shape index (κ3) is 2.08. The summed E-state index contributed by atoms with van der Waals surface area (Å²) in [5.74, 6) is -0.00632. The molecule has 7 heteroatoms. The van der Waals surface area contributed by atoms with Gasteiger partial charge >= 0.3 is 0 Å². The molecule has 3 aliphatic rings. The van der Waals surface area contributed by atoms with Crippen LogP contribution in [-0.4, -0.2) is 64.3 Å². The highest BCUT2D eigenvalue weighted by molar-refractivity contribution is 6.34. The Hall–Kier alpha value is -1.11. The number of carbonyl (C=O) groups is 1. The van der Waals surface area contributed by atoms with Gasteiger partial charge in [-0.05, 0) is 26.4 Å². The van der Waals surface area contributed by atoms with Gasteiger partial charge in [0, 0.05) is 32.2 Å². The number of carbonyl (C=O) groups excluding carboxylic acids is 1. The molecule has 1 aromatic heterocycles. The van der Waals surface area contributed by atoms with Gasteiger partial charge in [0.25, 0.3) is 5.91 Å². The molecule has 0 radical (unpaired) electrons. The van der Waals surface area contributed by atoms with Crippen molar-refractivity contribution in [2.24, 2.45) is 0 Å². The molecule has 1 aromatic rings. The van der Waals surface area contributed by atoms with Crippen molar-refractivity contribution in [3.8, 4) is 0 Å². The first-order chi connectivity index (χ1) is 10.1. The molecule has 1 N–H and O–H groups in total. The highest BCUT2D eigenvalue weighted by Gasteiger charge is 2.46. The number of aromatic nitrogens is 2. The van der Waals surface area contributed by atoms with E-state index in [4.69, 9.17) is 11.6 Å². The summed E-state index contributed by atoms with van der Waals surface area (Å²) < 4.78 is 1.92. The second kappa shape index (κ2) is 4.97. The van der Waals surface area contributed by atoms with E-state index in [0.717, 1.165) is 51.3 Å². The number of halogens is 1. The van der Waals surface area contributed by atoms with Crippen LogP contribution in [0.5, 0.6) is 0 Å². The van der Waals surface area contributed by atoms with Crippen LogP contribution in [0.15, 0.2) is 0 Å². The molecule has 4 rings (SSSR count). The SMILES string of the molecule is CN1CCCn2nc(C(=O)N3CC4NCCC43)c(Cl)c2C1. The van der Waals surface area contributed by atoms with Crippen molar-refractivity contribution in [1.29, 1.82) is 0 Å².